The molecule has 19 heavy (non-hydrogen) atoms. The third-order valence-corrected chi connectivity index (χ3v) is 5.79. The predicted octanol–water partition coefficient (Wildman–Crippen LogP) is 3.38. The average Bonchev–Trinajstić information content (AvgIpc) is 2.87. The maximum absolute atomic E-state index is 6.59. The van der Waals surface area contributed by atoms with Gasteiger partial charge in [-0.2, -0.15) is 0 Å². The maximum atomic E-state index is 6.59. The fourth-order valence-electron chi connectivity index (χ4n) is 5.12. The number of hydrogen-bond donors (Lipinski definition) is 1. The van der Waals surface area contributed by atoms with E-state index >= 15 is 0 Å². The number of nitrogens with two attached hydrogens (primary N) is 1. The van der Waals surface area contributed by atoms with E-state index in [0.717, 1.165) is 35.3 Å². The second-order valence-electron chi connectivity index (χ2n) is 6.56. The first-order valence-corrected chi connectivity index (χ1v) is 7.78. The molecule has 0 amide bonds. The van der Waals surface area contributed by atoms with Gasteiger partial charge in [0.05, 0.1) is 6.61 Å². The van der Waals surface area contributed by atoms with E-state index in [1.165, 1.54) is 24.8 Å². The number of fused-ring (bicyclic) bond motifs is 5. The molecule has 3 saturated carbocycles. The van der Waals surface area contributed by atoms with Gasteiger partial charge in [0.1, 0.15) is 5.75 Å². The summed E-state index contributed by atoms with van der Waals surface area (Å²) in [5.74, 6) is 5.57. The van der Waals surface area contributed by atoms with Crippen molar-refractivity contribution in [2.75, 3.05) is 6.61 Å². The van der Waals surface area contributed by atoms with Crippen LogP contribution in [0.25, 0.3) is 0 Å². The Hall–Kier alpha value is -1.02. The number of para-hydroxylation sites is 1. The second kappa shape index (κ2) is 4.24. The molecule has 5 unspecified atom stereocenters. The summed E-state index contributed by atoms with van der Waals surface area (Å²) in [4.78, 5) is 0. The van der Waals surface area contributed by atoms with Crippen molar-refractivity contribution in [3.63, 3.8) is 0 Å². The van der Waals surface area contributed by atoms with Crippen LogP contribution in [0.2, 0.25) is 0 Å². The molecule has 3 aliphatic carbocycles. The summed E-state index contributed by atoms with van der Waals surface area (Å²) < 4.78 is 5.75. The Morgan fingerprint density at radius 3 is 2.58 bits per heavy atom. The Morgan fingerprint density at radius 1 is 1.21 bits per heavy atom. The van der Waals surface area contributed by atoms with Crippen molar-refractivity contribution in [3.8, 4) is 5.75 Å². The van der Waals surface area contributed by atoms with Crippen LogP contribution in [-0.2, 0) is 0 Å². The highest BCUT2D eigenvalue weighted by Crippen LogP contribution is 2.72. The first kappa shape index (κ1) is 11.8. The van der Waals surface area contributed by atoms with E-state index in [9.17, 15) is 0 Å². The molecule has 0 heterocycles. The lowest BCUT2D eigenvalue weighted by Crippen LogP contribution is -2.18. The van der Waals surface area contributed by atoms with Gasteiger partial charge >= 0.3 is 0 Å². The molecule has 0 saturated heterocycles. The SMILES string of the molecule is CCOc1ccccc1C(N)C1C2C3CCC(C3)C21. The van der Waals surface area contributed by atoms with E-state index in [0.29, 0.717) is 6.61 Å². The molecule has 2 heteroatoms. The predicted molar refractivity (Wildman–Crippen MR) is 75.8 cm³/mol. The highest BCUT2D eigenvalue weighted by atomic mass is 16.5. The van der Waals surface area contributed by atoms with Gasteiger partial charge in [-0.3, -0.25) is 0 Å². The lowest BCUT2D eigenvalue weighted by molar-refractivity contribution is 0.328. The van der Waals surface area contributed by atoms with Crippen LogP contribution in [-0.4, -0.2) is 6.61 Å². The van der Waals surface area contributed by atoms with Gasteiger partial charge < -0.3 is 10.5 Å². The van der Waals surface area contributed by atoms with Gasteiger partial charge in [0.25, 0.3) is 0 Å². The van der Waals surface area contributed by atoms with E-state index < -0.39 is 0 Å². The van der Waals surface area contributed by atoms with Crippen LogP contribution in [0.15, 0.2) is 24.3 Å². The van der Waals surface area contributed by atoms with Crippen LogP contribution in [0.3, 0.4) is 0 Å². The quantitative estimate of drug-likeness (QED) is 0.897. The van der Waals surface area contributed by atoms with E-state index in [1.54, 1.807) is 0 Å². The van der Waals surface area contributed by atoms with E-state index in [1.807, 2.05) is 13.0 Å². The van der Waals surface area contributed by atoms with Crippen LogP contribution >= 0.6 is 0 Å². The van der Waals surface area contributed by atoms with Crippen molar-refractivity contribution >= 4 is 0 Å². The monoisotopic (exact) mass is 257 g/mol. The molecule has 2 nitrogen and oxygen atoms in total. The molecular formula is C17H23NO. The van der Waals surface area contributed by atoms with Gasteiger partial charge in [0, 0.05) is 11.6 Å². The van der Waals surface area contributed by atoms with Gasteiger partial charge in [-0.25, -0.2) is 0 Å². The van der Waals surface area contributed by atoms with Crippen molar-refractivity contribution in [1.82, 2.24) is 0 Å². The molecule has 0 spiro atoms. The van der Waals surface area contributed by atoms with Gasteiger partial charge in [-0.15, -0.1) is 0 Å². The summed E-state index contributed by atoms with van der Waals surface area (Å²) in [6.45, 7) is 2.75. The molecule has 5 atom stereocenters. The summed E-state index contributed by atoms with van der Waals surface area (Å²) in [7, 11) is 0. The van der Waals surface area contributed by atoms with Crippen LogP contribution in [0.5, 0.6) is 5.75 Å². The highest BCUT2D eigenvalue weighted by molar-refractivity contribution is 5.38. The molecule has 0 aliphatic heterocycles. The van der Waals surface area contributed by atoms with E-state index in [2.05, 4.69) is 18.2 Å². The number of rotatable bonds is 4. The topological polar surface area (TPSA) is 35.2 Å². The smallest absolute Gasteiger partial charge is 0.124 e. The van der Waals surface area contributed by atoms with Crippen molar-refractivity contribution in [3.05, 3.63) is 29.8 Å². The highest BCUT2D eigenvalue weighted by Gasteiger charge is 2.66. The minimum absolute atomic E-state index is 0.182. The summed E-state index contributed by atoms with van der Waals surface area (Å²) in [5.41, 5.74) is 7.82. The Morgan fingerprint density at radius 2 is 1.89 bits per heavy atom. The standard InChI is InChI=1S/C17H23NO/c1-2-19-13-6-4-3-5-12(13)17(18)16-14-10-7-8-11(9-10)15(14)16/h3-6,10-11,14-17H,2,7-9,18H2,1H3. The summed E-state index contributed by atoms with van der Waals surface area (Å²) in [6, 6.07) is 8.53. The molecule has 4 rings (SSSR count). The zero-order chi connectivity index (χ0) is 13.0. The number of hydrogen-bond acceptors (Lipinski definition) is 2. The third kappa shape index (κ3) is 1.66. The number of benzene rings is 1. The van der Waals surface area contributed by atoms with Crippen LogP contribution in [0.1, 0.15) is 37.8 Å². The molecule has 2 bridgehead atoms. The van der Waals surface area contributed by atoms with Gasteiger partial charge in [-0.1, -0.05) is 18.2 Å². The third-order valence-electron chi connectivity index (χ3n) is 5.79. The Bertz CT molecular complexity index is 470. The van der Waals surface area contributed by atoms with Crippen molar-refractivity contribution in [2.24, 2.45) is 35.3 Å². The lowest BCUT2D eigenvalue weighted by atomic mass is 9.93. The summed E-state index contributed by atoms with van der Waals surface area (Å²) in [6.07, 6.45) is 4.41. The van der Waals surface area contributed by atoms with Crippen LogP contribution in [0, 0.1) is 29.6 Å². The van der Waals surface area contributed by atoms with E-state index in [4.69, 9.17) is 10.5 Å². The molecule has 1 aromatic rings. The molecule has 0 radical (unpaired) electrons. The average molecular weight is 257 g/mol. The Balaban J connectivity index is 1.57. The van der Waals surface area contributed by atoms with Gasteiger partial charge in [0.2, 0.25) is 0 Å². The molecule has 102 valence electrons. The van der Waals surface area contributed by atoms with E-state index in [-0.39, 0.29) is 6.04 Å². The Labute approximate surface area is 115 Å². The minimum atomic E-state index is 0.182. The molecule has 2 N–H and O–H groups in total. The first-order chi connectivity index (χ1) is 9.31. The second-order valence-corrected chi connectivity index (χ2v) is 6.56. The minimum Gasteiger partial charge on any atom is -0.494 e. The number of ether oxygens (including phenoxy) is 1. The van der Waals surface area contributed by atoms with Crippen LogP contribution < -0.4 is 10.5 Å². The van der Waals surface area contributed by atoms with Crippen molar-refractivity contribution in [2.45, 2.75) is 32.2 Å². The van der Waals surface area contributed by atoms with Gasteiger partial charge in [-0.05, 0) is 61.8 Å². The normalized spacial score (nSPS) is 40.0. The van der Waals surface area contributed by atoms with Crippen LogP contribution in [0.4, 0.5) is 0 Å². The zero-order valence-corrected chi connectivity index (χ0v) is 11.6. The Kier molecular flexibility index (Phi) is 2.63. The molecular weight excluding hydrogens is 234 g/mol. The fourth-order valence-corrected chi connectivity index (χ4v) is 5.12. The first-order valence-electron chi connectivity index (χ1n) is 7.78. The van der Waals surface area contributed by atoms with Crippen molar-refractivity contribution in [1.29, 1.82) is 0 Å². The van der Waals surface area contributed by atoms with Gasteiger partial charge in [0.15, 0.2) is 0 Å². The summed E-state index contributed by atoms with van der Waals surface area (Å²) >= 11 is 0. The molecule has 0 aromatic heterocycles. The zero-order valence-electron chi connectivity index (χ0n) is 11.6. The maximum Gasteiger partial charge on any atom is 0.124 e. The fraction of sp³-hybridized carbons (Fsp3) is 0.647. The lowest BCUT2D eigenvalue weighted by Gasteiger charge is -2.19. The largest absolute Gasteiger partial charge is 0.494 e. The van der Waals surface area contributed by atoms with Crippen molar-refractivity contribution < 1.29 is 4.74 Å². The molecule has 1 aromatic carbocycles. The summed E-state index contributed by atoms with van der Waals surface area (Å²) in [5, 5.41) is 0. The molecule has 3 aliphatic rings. The molecule has 3 fully saturated rings.